The second-order valence-corrected chi connectivity index (χ2v) is 12.1. The van der Waals surface area contributed by atoms with E-state index in [0.717, 1.165) is 22.3 Å². The zero-order chi connectivity index (χ0) is 22.1. The first-order valence-electron chi connectivity index (χ1n) is 10.2. The van der Waals surface area contributed by atoms with Gasteiger partial charge in [0.2, 0.25) is 10.0 Å². The van der Waals surface area contributed by atoms with Crippen molar-refractivity contribution in [1.29, 1.82) is 0 Å². The van der Waals surface area contributed by atoms with Crippen molar-refractivity contribution in [3.05, 3.63) is 90.0 Å². The van der Waals surface area contributed by atoms with Crippen LogP contribution in [0.3, 0.4) is 0 Å². The van der Waals surface area contributed by atoms with Crippen LogP contribution in [0.25, 0.3) is 11.1 Å². The Morgan fingerprint density at radius 3 is 2.06 bits per heavy atom. The van der Waals surface area contributed by atoms with E-state index in [1.165, 1.54) is 4.31 Å². The zero-order valence-electron chi connectivity index (χ0n) is 17.3. The molecule has 0 spiro atoms. The molecule has 0 aromatic heterocycles. The van der Waals surface area contributed by atoms with Gasteiger partial charge in [0, 0.05) is 12.6 Å². The minimum atomic E-state index is -3.87. The molecular weight excluding hydrogens is 430 g/mol. The fourth-order valence-corrected chi connectivity index (χ4v) is 7.34. The van der Waals surface area contributed by atoms with Crippen LogP contribution >= 0.6 is 0 Å². The van der Waals surface area contributed by atoms with Gasteiger partial charge in [-0.15, -0.1) is 0 Å². The topological polar surface area (TPSA) is 71.5 Å². The highest BCUT2D eigenvalue weighted by Gasteiger charge is 2.38. The summed E-state index contributed by atoms with van der Waals surface area (Å²) < 4.78 is 52.7. The Labute approximate surface area is 184 Å². The SMILES string of the molecule is Cc1ccc(CN(C2CCS(=O)(=O)C2)S(=O)(=O)c2ccc(-c3ccccc3)cc2)cc1. The van der Waals surface area contributed by atoms with Crippen LogP contribution in [0.15, 0.2) is 83.8 Å². The Kier molecular flexibility index (Phi) is 6.01. The fourth-order valence-electron chi connectivity index (χ4n) is 3.87. The second-order valence-electron chi connectivity index (χ2n) is 7.98. The van der Waals surface area contributed by atoms with Crippen LogP contribution in [-0.4, -0.2) is 38.7 Å². The van der Waals surface area contributed by atoms with Gasteiger partial charge in [-0.3, -0.25) is 0 Å². The number of sulfone groups is 1. The van der Waals surface area contributed by atoms with Gasteiger partial charge < -0.3 is 0 Å². The third-order valence-corrected chi connectivity index (χ3v) is 9.31. The minimum Gasteiger partial charge on any atom is -0.229 e. The smallest absolute Gasteiger partial charge is 0.229 e. The Bertz CT molecular complexity index is 1250. The summed E-state index contributed by atoms with van der Waals surface area (Å²) in [5.74, 6) is -0.120. The number of rotatable bonds is 6. The molecule has 162 valence electrons. The first kappa shape index (κ1) is 21.7. The van der Waals surface area contributed by atoms with E-state index in [1.807, 2.05) is 61.5 Å². The molecule has 0 aliphatic carbocycles. The zero-order valence-corrected chi connectivity index (χ0v) is 18.9. The molecule has 0 radical (unpaired) electrons. The summed E-state index contributed by atoms with van der Waals surface area (Å²) in [4.78, 5) is 0.170. The number of benzene rings is 3. The molecular formula is C24H25NO4S2. The van der Waals surface area contributed by atoms with E-state index in [2.05, 4.69) is 0 Å². The highest BCUT2D eigenvalue weighted by molar-refractivity contribution is 7.92. The van der Waals surface area contributed by atoms with Crippen LogP contribution in [0.5, 0.6) is 0 Å². The lowest BCUT2D eigenvalue weighted by Gasteiger charge is -2.27. The summed E-state index contributed by atoms with van der Waals surface area (Å²) in [5.41, 5.74) is 3.84. The molecule has 3 aromatic rings. The first-order chi connectivity index (χ1) is 14.7. The maximum atomic E-state index is 13.6. The van der Waals surface area contributed by atoms with Crippen molar-refractivity contribution < 1.29 is 16.8 Å². The highest BCUT2D eigenvalue weighted by atomic mass is 32.2. The normalized spacial score (nSPS) is 18.3. The second kappa shape index (κ2) is 8.57. The lowest BCUT2D eigenvalue weighted by molar-refractivity contribution is 0.334. The average Bonchev–Trinajstić information content (AvgIpc) is 3.13. The van der Waals surface area contributed by atoms with Gasteiger partial charge >= 0.3 is 0 Å². The summed E-state index contributed by atoms with van der Waals surface area (Å²) in [7, 11) is -7.10. The molecule has 1 atom stereocenters. The molecule has 7 heteroatoms. The number of aryl methyl sites for hydroxylation is 1. The Hall–Kier alpha value is -2.48. The van der Waals surface area contributed by atoms with Crippen molar-refractivity contribution in [1.82, 2.24) is 4.31 Å². The molecule has 0 amide bonds. The molecule has 5 nitrogen and oxygen atoms in total. The van der Waals surface area contributed by atoms with Crippen molar-refractivity contribution in [3.8, 4) is 11.1 Å². The van der Waals surface area contributed by atoms with Gasteiger partial charge in [0.05, 0.1) is 16.4 Å². The molecule has 3 aromatic carbocycles. The molecule has 0 bridgehead atoms. The number of sulfonamides is 1. The van der Waals surface area contributed by atoms with Crippen LogP contribution in [0, 0.1) is 6.92 Å². The molecule has 0 saturated carbocycles. The lowest BCUT2D eigenvalue weighted by atomic mass is 10.1. The molecule has 1 aliphatic heterocycles. The molecule has 0 N–H and O–H groups in total. The standard InChI is InChI=1S/C24H25NO4S2/c1-19-7-9-20(10-8-19)17-25(23-15-16-30(26,27)18-23)31(28,29)24-13-11-22(12-14-24)21-5-3-2-4-6-21/h2-14,23H,15-18H2,1H3. The van der Waals surface area contributed by atoms with Crippen molar-refractivity contribution in [3.63, 3.8) is 0 Å². The van der Waals surface area contributed by atoms with Crippen molar-refractivity contribution in [2.24, 2.45) is 0 Å². The maximum absolute atomic E-state index is 13.6. The van der Waals surface area contributed by atoms with Gasteiger partial charge in [-0.05, 0) is 42.2 Å². The first-order valence-corrected chi connectivity index (χ1v) is 13.4. The third kappa shape index (κ3) is 4.89. The van der Waals surface area contributed by atoms with Crippen LogP contribution in [0.4, 0.5) is 0 Å². The molecule has 1 fully saturated rings. The molecule has 1 heterocycles. The summed E-state index contributed by atoms with van der Waals surface area (Å²) in [6, 6.07) is 23.6. The number of hydrogen-bond donors (Lipinski definition) is 0. The molecule has 4 rings (SSSR count). The summed E-state index contributed by atoms with van der Waals surface area (Å²) in [6.07, 6.45) is 0.315. The molecule has 1 aliphatic rings. The Morgan fingerprint density at radius 1 is 0.871 bits per heavy atom. The monoisotopic (exact) mass is 455 g/mol. The van der Waals surface area contributed by atoms with Gasteiger partial charge in [0.15, 0.2) is 9.84 Å². The van der Waals surface area contributed by atoms with Crippen LogP contribution in [0.2, 0.25) is 0 Å². The van der Waals surface area contributed by atoms with Gasteiger partial charge in [0.25, 0.3) is 0 Å². The van der Waals surface area contributed by atoms with E-state index in [0.29, 0.717) is 6.42 Å². The van der Waals surface area contributed by atoms with Gasteiger partial charge in [-0.25, -0.2) is 16.8 Å². The molecule has 1 unspecified atom stereocenters. The van der Waals surface area contributed by atoms with Gasteiger partial charge in [0.1, 0.15) is 0 Å². The van der Waals surface area contributed by atoms with Crippen LogP contribution in [0.1, 0.15) is 17.5 Å². The summed E-state index contributed by atoms with van der Waals surface area (Å²) in [5, 5.41) is 0. The minimum absolute atomic E-state index is 0.0184. The quantitative estimate of drug-likeness (QED) is 0.562. The maximum Gasteiger partial charge on any atom is 0.243 e. The van der Waals surface area contributed by atoms with E-state index < -0.39 is 25.9 Å². The van der Waals surface area contributed by atoms with Gasteiger partial charge in [-0.2, -0.15) is 4.31 Å². The Morgan fingerprint density at radius 2 is 1.48 bits per heavy atom. The molecule has 31 heavy (non-hydrogen) atoms. The van der Waals surface area contributed by atoms with Crippen LogP contribution in [-0.2, 0) is 26.4 Å². The van der Waals surface area contributed by atoms with E-state index in [4.69, 9.17) is 0 Å². The summed E-state index contributed by atoms with van der Waals surface area (Å²) in [6.45, 7) is 2.11. The highest BCUT2D eigenvalue weighted by Crippen LogP contribution is 2.29. The average molecular weight is 456 g/mol. The number of hydrogen-bond acceptors (Lipinski definition) is 4. The van der Waals surface area contributed by atoms with E-state index in [-0.39, 0.29) is 22.9 Å². The predicted octanol–water partition coefficient (Wildman–Crippen LogP) is 4.04. The predicted molar refractivity (Wildman–Crippen MR) is 123 cm³/mol. The van der Waals surface area contributed by atoms with Crippen molar-refractivity contribution in [2.45, 2.75) is 30.8 Å². The van der Waals surface area contributed by atoms with Crippen molar-refractivity contribution >= 4 is 19.9 Å². The van der Waals surface area contributed by atoms with Gasteiger partial charge in [-0.1, -0.05) is 72.3 Å². The van der Waals surface area contributed by atoms with Crippen molar-refractivity contribution in [2.75, 3.05) is 11.5 Å². The lowest BCUT2D eigenvalue weighted by Crippen LogP contribution is -2.40. The van der Waals surface area contributed by atoms with E-state index in [1.54, 1.807) is 24.3 Å². The largest absolute Gasteiger partial charge is 0.243 e. The van der Waals surface area contributed by atoms with E-state index in [9.17, 15) is 16.8 Å². The number of nitrogens with zero attached hydrogens (tertiary/aromatic N) is 1. The Balaban J connectivity index is 1.68. The van der Waals surface area contributed by atoms with E-state index >= 15 is 0 Å². The fraction of sp³-hybridized carbons (Fsp3) is 0.250. The molecule has 1 saturated heterocycles. The van der Waals surface area contributed by atoms with Crippen LogP contribution < -0.4 is 0 Å². The third-order valence-electron chi connectivity index (χ3n) is 5.64. The summed E-state index contributed by atoms with van der Waals surface area (Å²) >= 11 is 0.